The first-order chi connectivity index (χ1) is 3.83. The van der Waals surface area contributed by atoms with Crippen molar-refractivity contribution in [1.82, 2.24) is 10.3 Å². The molecule has 0 radical (unpaired) electrons. The van der Waals surface area contributed by atoms with Gasteiger partial charge in [0, 0.05) is 12.6 Å². The minimum atomic E-state index is 0.528. The number of likely N-dealkylation sites (tertiary alicyclic amines) is 1. The van der Waals surface area contributed by atoms with Crippen LogP contribution < -0.4 is 11.3 Å². The summed E-state index contributed by atoms with van der Waals surface area (Å²) in [7, 11) is 2.11. The number of hydrogen-bond donors (Lipinski definition) is 2. The van der Waals surface area contributed by atoms with E-state index in [2.05, 4.69) is 17.4 Å². The molecule has 1 fully saturated rings. The quantitative estimate of drug-likeness (QED) is 0.345. The van der Waals surface area contributed by atoms with E-state index in [0.29, 0.717) is 6.04 Å². The fourth-order valence-electron chi connectivity index (χ4n) is 1.07. The van der Waals surface area contributed by atoms with Crippen LogP contribution >= 0.6 is 0 Å². The third kappa shape index (κ3) is 1.18. The number of nitrogens with two attached hydrogens (primary N) is 1. The third-order valence-electron chi connectivity index (χ3n) is 1.63. The summed E-state index contributed by atoms with van der Waals surface area (Å²) < 4.78 is 0. The van der Waals surface area contributed by atoms with Crippen LogP contribution in [0.3, 0.4) is 0 Å². The predicted molar refractivity (Wildman–Crippen MR) is 33.2 cm³/mol. The molecule has 1 aliphatic heterocycles. The maximum Gasteiger partial charge on any atom is 0.0349 e. The first-order valence-electron chi connectivity index (χ1n) is 2.97. The van der Waals surface area contributed by atoms with Gasteiger partial charge in [-0.3, -0.25) is 11.3 Å². The molecule has 0 aromatic rings. The highest BCUT2D eigenvalue weighted by Crippen LogP contribution is 2.03. The molecular weight excluding hydrogens is 102 g/mol. The van der Waals surface area contributed by atoms with Crippen molar-refractivity contribution < 1.29 is 0 Å². The second-order valence-corrected chi connectivity index (χ2v) is 2.41. The standard InChI is InChI=1S/C5H13N3/c1-8-3-2-5(4-8)7-6/h5,7H,2-4,6H2,1H3. The maximum atomic E-state index is 5.22. The summed E-state index contributed by atoms with van der Waals surface area (Å²) in [5.74, 6) is 5.22. The van der Waals surface area contributed by atoms with Gasteiger partial charge >= 0.3 is 0 Å². The molecule has 0 bridgehead atoms. The van der Waals surface area contributed by atoms with E-state index >= 15 is 0 Å². The van der Waals surface area contributed by atoms with Crippen molar-refractivity contribution in [2.24, 2.45) is 5.84 Å². The van der Waals surface area contributed by atoms with Gasteiger partial charge in [0.15, 0.2) is 0 Å². The molecule has 0 spiro atoms. The zero-order chi connectivity index (χ0) is 5.98. The Balaban J connectivity index is 2.22. The van der Waals surface area contributed by atoms with Crippen molar-refractivity contribution in [3.63, 3.8) is 0 Å². The monoisotopic (exact) mass is 115 g/mol. The number of hydrogen-bond acceptors (Lipinski definition) is 3. The van der Waals surface area contributed by atoms with Gasteiger partial charge in [-0.25, -0.2) is 0 Å². The Morgan fingerprint density at radius 2 is 2.50 bits per heavy atom. The van der Waals surface area contributed by atoms with Crippen molar-refractivity contribution in [3.05, 3.63) is 0 Å². The Morgan fingerprint density at radius 1 is 1.75 bits per heavy atom. The average molecular weight is 115 g/mol. The Bertz CT molecular complexity index is 74.1. The van der Waals surface area contributed by atoms with E-state index in [1.165, 1.54) is 13.0 Å². The highest BCUT2D eigenvalue weighted by atomic mass is 15.3. The van der Waals surface area contributed by atoms with E-state index in [-0.39, 0.29) is 0 Å². The van der Waals surface area contributed by atoms with Crippen LogP contribution in [0.4, 0.5) is 0 Å². The summed E-state index contributed by atoms with van der Waals surface area (Å²) >= 11 is 0. The molecule has 1 aliphatic rings. The lowest BCUT2D eigenvalue weighted by Gasteiger charge is -2.07. The minimum Gasteiger partial charge on any atom is -0.305 e. The largest absolute Gasteiger partial charge is 0.305 e. The first-order valence-corrected chi connectivity index (χ1v) is 2.97. The summed E-state index contributed by atoms with van der Waals surface area (Å²) in [5, 5.41) is 0. The van der Waals surface area contributed by atoms with E-state index in [9.17, 15) is 0 Å². The second-order valence-electron chi connectivity index (χ2n) is 2.41. The van der Waals surface area contributed by atoms with E-state index in [1.807, 2.05) is 0 Å². The number of rotatable bonds is 1. The lowest BCUT2D eigenvalue weighted by Crippen LogP contribution is -2.36. The molecule has 3 N–H and O–H groups in total. The van der Waals surface area contributed by atoms with Gasteiger partial charge in [-0.2, -0.15) is 0 Å². The van der Waals surface area contributed by atoms with Crippen molar-refractivity contribution in [1.29, 1.82) is 0 Å². The van der Waals surface area contributed by atoms with Crippen molar-refractivity contribution in [3.8, 4) is 0 Å². The van der Waals surface area contributed by atoms with E-state index in [4.69, 9.17) is 5.84 Å². The van der Waals surface area contributed by atoms with Crippen LogP contribution in [-0.2, 0) is 0 Å². The van der Waals surface area contributed by atoms with Crippen molar-refractivity contribution >= 4 is 0 Å². The summed E-state index contributed by atoms with van der Waals surface area (Å²) in [4.78, 5) is 2.27. The SMILES string of the molecule is CN1CCC(NN)C1. The lowest BCUT2D eigenvalue weighted by atomic mass is 10.3. The molecule has 0 aromatic heterocycles. The topological polar surface area (TPSA) is 41.3 Å². The lowest BCUT2D eigenvalue weighted by molar-refractivity contribution is 0.400. The smallest absolute Gasteiger partial charge is 0.0349 e. The highest BCUT2D eigenvalue weighted by Gasteiger charge is 2.16. The zero-order valence-electron chi connectivity index (χ0n) is 5.22. The van der Waals surface area contributed by atoms with Crippen molar-refractivity contribution in [2.45, 2.75) is 12.5 Å². The van der Waals surface area contributed by atoms with E-state index < -0.39 is 0 Å². The Hall–Kier alpha value is -0.120. The van der Waals surface area contributed by atoms with Gasteiger partial charge in [0.25, 0.3) is 0 Å². The average Bonchev–Trinajstić information content (AvgIpc) is 2.14. The van der Waals surface area contributed by atoms with Crippen molar-refractivity contribution in [2.75, 3.05) is 20.1 Å². The molecule has 3 heteroatoms. The normalized spacial score (nSPS) is 31.5. The molecule has 1 unspecified atom stereocenters. The molecule has 1 saturated heterocycles. The predicted octanol–water partition coefficient (Wildman–Crippen LogP) is -0.846. The number of nitrogens with zero attached hydrogens (tertiary/aromatic N) is 1. The van der Waals surface area contributed by atoms with Crippen LogP contribution in [0.1, 0.15) is 6.42 Å². The molecule has 1 heterocycles. The maximum absolute atomic E-state index is 5.22. The number of hydrazine groups is 1. The summed E-state index contributed by atoms with van der Waals surface area (Å²) in [6.45, 7) is 2.27. The van der Waals surface area contributed by atoms with Gasteiger partial charge in [0.05, 0.1) is 0 Å². The van der Waals surface area contributed by atoms with Gasteiger partial charge in [0.2, 0.25) is 0 Å². The molecule has 3 nitrogen and oxygen atoms in total. The molecule has 1 rings (SSSR count). The summed E-state index contributed by atoms with van der Waals surface area (Å²) in [6, 6.07) is 0.528. The summed E-state index contributed by atoms with van der Waals surface area (Å²) in [5.41, 5.74) is 2.75. The minimum absolute atomic E-state index is 0.528. The Kier molecular flexibility index (Phi) is 1.83. The summed E-state index contributed by atoms with van der Waals surface area (Å²) in [6.07, 6.45) is 1.19. The highest BCUT2D eigenvalue weighted by molar-refractivity contribution is 4.75. The van der Waals surface area contributed by atoms with E-state index in [1.54, 1.807) is 0 Å². The van der Waals surface area contributed by atoms with Crippen LogP contribution in [-0.4, -0.2) is 31.1 Å². The van der Waals surface area contributed by atoms with Gasteiger partial charge in [-0.05, 0) is 20.0 Å². The molecule has 0 aromatic carbocycles. The molecule has 0 saturated carbocycles. The van der Waals surface area contributed by atoms with Crippen LogP contribution in [0, 0.1) is 0 Å². The van der Waals surface area contributed by atoms with Crippen LogP contribution in [0.15, 0.2) is 0 Å². The molecule has 0 aliphatic carbocycles. The third-order valence-corrected chi connectivity index (χ3v) is 1.63. The second kappa shape index (κ2) is 2.44. The molecule has 0 amide bonds. The number of nitrogens with one attached hydrogen (secondary N) is 1. The molecular formula is C5H13N3. The molecule has 48 valence electrons. The number of likely N-dealkylation sites (N-methyl/N-ethyl adjacent to an activating group) is 1. The fourth-order valence-corrected chi connectivity index (χ4v) is 1.07. The fraction of sp³-hybridized carbons (Fsp3) is 1.00. The van der Waals surface area contributed by atoms with Crippen LogP contribution in [0.25, 0.3) is 0 Å². The molecule has 1 atom stereocenters. The Morgan fingerprint density at radius 3 is 2.75 bits per heavy atom. The zero-order valence-corrected chi connectivity index (χ0v) is 5.22. The van der Waals surface area contributed by atoms with Crippen LogP contribution in [0.5, 0.6) is 0 Å². The van der Waals surface area contributed by atoms with Gasteiger partial charge < -0.3 is 4.90 Å². The molecule has 8 heavy (non-hydrogen) atoms. The van der Waals surface area contributed by atoms with E-state index in [0.717, 1.165) is 6.54 Å². The Labute approximate surface area is 49.8 Å². The van der Waals surface area contributed by atoms with Gasteiger partial charge in [-0.1, -0.05) is 0 Å². The van der Waals surface area contributed by atoms with Crippen LogP contribution in [0.2, 0.25) is 0 Å². The van der Waals surface area contributed by atoms with Gasteiger partial charge in [-0.15, -0.1) is 0 Å². The van der Waals surface area contributed by atoms with Gasteiger partial charge in [0.1, 0.15) is 0 Å². The first kappa shape index (κ1) is 6.01.